The minimum Gasteiger partial charge on any atom is -0.330 e. The molecule has 0 amide bonds. The lowest BCUT2D eigenvalue weighted by molar-refractivity contribution is 0.386. The molecule has 0 rings (SSSR count). The number of hydrogen-bond donors (Lipinski definition) is 1. The number of allylic oxidation sites excluding steroid dienone is 3. The summed E-state index contributed by atoms with van der Waals surface area (Å²) in [5, 5.41) is 0. The Morgan fingerprint density at radius 3 is 1.94 bits per heavy atom. The summed E-state index contributed by atoms with van der Waals surface area (Å²) in [6.07, 6.45) is 30.6. The van der Waals surface area contributed by atoms with Gasteiger partial charge in [-0.3, -0.25) is 0 Å². The fraction of sp³-hybridized carbons (Fsp3) is 0.871. The van der Waals surface area contributed by atoms with Crippen molar-refractivity contribution >= 4 is 0 Å². The van der Waals surface area contributed by atoms with Crippen molar-refractivity contribution in [3.8, 4) is 0 Å². The van der Waals surface area contributed by atoms with Crippen molar-refractivity contribution < 1.29 is 0 Å². The first-order valence-electron chi connectivity index (χ1n) is 14.5. The molecule has 32 heavy (non-hydrogen) atoms. The van der Waals surface area contributed by atoms with Crippen LogP contribution in [0.25, 0.3) is 0 Å². The second-order valence-corrected chi connectivity index (χ2v) is 10.9. The lowest BCUT2D eigenvalue weighted by Gasteiger charge is -2.16. The van der Waals surface area contributed by atoms with Crippen LogP contribution in [-0.4, -0.2) is 6.54 Å². The van der Waals surface area contributed by atoms with Gasteiger partial charge in [0.1, 0.15) is 0 Å². The molecule has 0 spiro atoms. The van der Waals surface area contributed by atoms with E-state index in [1.807, 2.05) is 0 Å². The first-order chi connectivity index (χ1) is 15.5. The minimum atomic E-state index is 0.703. The molecule has 0 fully saturated rings. The van der Waals surface area contributed by atoms with Gasteiger partial charge in [0.05, 0.1) is 0 Å². The van der Waals surface area contributed by atoms with E-state index >= 15 is 0 Å². The summed E-state index contributed by atoms with van der Waals surface area (Å²) >= 11 is 0. The van der Waals surface area contributed by atoms with Crippen LogP contribution in [0.3, 0.4) is 0 Å². The van der Waals surface area contributed by atoms with E-state index in [4.69, 9.17) is 5.73 Å². The van der Waals surface area contributed by atoms with Crippen LogP contribution in [0.2, 0.25) is 0 Å². The maximum atomic E-state index is 5.60. The summed E-state index contributed by atoms with van der Waals surface area (Å²) in [5.74, 6) is 2.34. The van der Waals surface area contributed by atoms with Crippen molar-refractivity contribution in [3.63, 3.8) is 0 Å². The van der Waals surface area contributed by atoms with Crippen LogP contribution in [0.1, 0.15) is 150 Å². The van der Waals surface area contributed by atoms with Crippen LogP contribution in [0.15, 0.2) is 24.3 Å². The molecule has 0 saturated heterocycles. The van der Waals surface area contributed by atoms with E-state index in [-0.39, 0.29) is 0 Å². The Bertz CT molecular complexity index is 424. The maximum Gasteiger partial charge on any atom is -0.00773 e. The van der Waals surface area contributed by atoms with Gasteiger partial charge in [-0.2, -0.15) is 0 Å². The molecule has 2 N–H and O–H groups in total. The SMILES string of the molecule is C=C(CCCCCCCCCCCC)CCCC(C)/C=C/CC(C)CC(C)CCCCN. The third-order valence-electron chi connectivity index (χ3n) is 7.03. The predicted octanol–water partition coefficient (Wildman–Crippen LogP) is 10.4. The molecule has 0 aromatic heterocycles. The molecule has 190 valence electrons. The molecule has 0 aliphatic rings. The van der Waals surface area contributed by atoms with Crippen molar-refractivity contribution in [3.05, 3.63) is 24.3 Å². The predicted molar refractivity (Wildman–Crippen MR) is 148 cm³/mol. The molecule has 0 saturated carbocycles. The summed E-state index contributed by atoms with van der Waals surface area (Å²) in [7, 11) is 0. The number of nitrogens with two attached hydrogens (primary N) is 1. The zero-order valence-corrected chi connectivity index (χ0v) is 22.8. The van der Waals surface area contributed by atoms with E-state index in [9.17, 15) is 0 Å². The largest absolute Gasteiger partial charge is 0.330 e. The van der Waals surface area contributed by atoms with Crippen molar-refractivity contribution in [1.82, 2.24) is 0 Å². The van der Waals surface area contributed by atoms with Crippen molar-refractivity contribution in [1.29, 1.82) is 0 Å². The molecule has 0 aromatic rings. The van der Waals surface area contributed by atoms with Crippen molar-refractivity contribution in [2.45, 2.75) is 150 Å². The van der Waals surface area contributed by atoms with E-state index in [1.165, 1.54) is 128 Å². The third kappa shape index (κ3) is 22.6. The van der Waals surface area contributed by atoms with Crippen LogP contribution < -0.4 is 5.73 Å². The van der Waals surface area contributed by atoms with Gasteiger partial charge in [-0.15, -0.1) is 0 Å². The Hall–Kier alpha value is -0.560. The Kier molecular flexibility index (Phi) is 23.2. The normalized spacial score (nSPS) is 14.7. The van der Waals surface area contributed by atoms with Gasteiger partial charge in [0.2, 0.25) is 0 Å². The van der Waals surface area contributed by atoms with Gasteiger partial charge < -0.3 is 5.73 Å². The zero-order chi connectivity index (χ0) is 23.9. The topological polar surface area (TPSA) is 26.0 Å². The van der Waals surface area contributed by atoms with Crippen LogP contribution >= 0.6 is 0 Å². The average molecular weight is 448 g/mol. The summed E-state index contributed by atoms with van der Waals surface area (Å²) < 4.78 is 0. The van der Waals surface area contributed by atoms with E-state index in [2.05, 4.69) is 46.4 Å². The fourth-order valence-corrected chi connectivity index (χ4v) is 4.84. The zero-order valence-electron chi connectivity index (χ0n) is 22.8. The highest BCUT2D eigenvalue weighted by molar-refractivity contribution is 4.94. The lowest BCUT2D eigenvalue weighted by atomic mass is 9.90. The number of rotatable bonds is 24. The Labute approximate surface area is 204 Å². The first-order valence-corrected chi connectivity index (χ1v) is 14.5. The molecule has 0 aromatic carbocycles. The van der Waals surface area contributed by atoms with E-state index in [0.29, 0.717) is 5.92 Å². The third-order valence-corrected chi connectivity index (χ3v) is 7.03. The standard InChI is InChI=1S/C31H61N/c1-6-7-8-9-10-11-12-13-14-15-20-28(2)22-18-23-29(3)24-19-25-31(5)27-30(4)21-16-17-26-32/h19,24,29-31H,2,6-18,20-23,25-27,32H2,1,3-5H3/b24-19+. The van der Waals surface area contributed by atoms with E-state index < -0.39 is 0 Å². The quantitative estimate of drug-likeness (QED) is 0.115. The molecule has 1 nitrogen and oxygen atoms in total. The summed E-state index contributed by atoms with van der Waals surface area (Å²) in [4.78, 5) is 0. The molecule has 3 atom stereocenters. The highest BCUT2D eigenvalue weighted by Crippen LogP contribution is 2.22. The molecule has 0 bridgehead atoms. The van der Waals surface area contributed by atoms with Crippen LogP contribution in [0, 0.1) is 17.8 Å². The summed E-state index contributed by atoms with van der Waals surface area (Å²) in [6, 6.07) is 0. The molecule has 0 aliphatic carbocycles. The Morgan fingerprint density at radius 2 is 1.31 bits per heavy atom. The second-order valence-electron chi connectivity index (χ2n) is 10.9. The van der Waals surface area contributed by atoms with Crippen LogP contribution in [0.4, 0.5) is 0 Å². The van der Waals surface area contributed by atoms with Gasteiger partial charge in [0.15, 0.2) is 0 Å². The Morgan fingerprint density at radius 1 is 0.719 bits per heavy atom. The monoisotopic (exact) mass is 447 g/mol. The van der Waals surface area contributed by atoms with Crippen LogP contribution in [0.5, 0.6) is 0 Å². The van der Waals surface area contributed by atoms with E-state index in [1.54, 1.807) is 0 Å². The smallest absolute Gasteiger partial charge is 0.00773 e. The van der Waals surface area contributed by atoms with Crippen LogP contribution in [-0.2, 0) is 0 Å². The average Bonchev–Trinajstić information content (AvgIpc) is 2.75. The van der Waals surface area contributed by atoms with Gasteiger partial charge in [-0.1, -0.05) is 123 Å². The molecule has 0 aliphatic heterocycles. The van der Waals surface area contributed by atoms with Gasteiger partial charge in [-0.25, -0.2) is 0 Å². The van der Waals surface area contributed by atoms with Crippen molar-refractivity contribution in [2.75, 3.05) is 6.54 Å². The molecule has 0 radical (unpaired) electrons. The van der Waals surface area contributed by atoms with E-state index in [0.717, 1.165) is 18.4 Å². The lowest BCUT2D eigenvalue weighted by Crippen LogP contribution is -2.04. The number of unbranched alkanes of at least 4 members (excludes halogenated alkanes) is 10. The van der Waals surface area contributed by atoms with Gasteiger partial charge in [0.25, 0.3) is 0 Å². The minimum absolute atomic E-state index is 0.703. The van der Waals surface area contributed by atoms with Gasteiger partial charge in [0, 0.05) is 0 Å². The highest BCUT2D eigenvalue weighted by Gasteiger charge is 2.08. The van der Waals surface area contributed by atoms with Gasteiger partial charge >= 0.3 is 0 Å². The molecule has 0 heterocycles. The summed E-state index contributed by atoms with van der Waals surface area (Å²) in [6.45, 7) is 14.7. The highest BCUT2D eigenvalue weighted by atomic mass is 14.5. The maximum absolute atomic E-state index is 5.60. The fourth-order valence-electron chi connectivity index (χ4n) is 4.84. The summed E-state index contributed by atoms with van der Waals surface area (Å²) in [5.41, 5.74) is 7.09. The molecular formula is C31H61N. The number of hydrogen-bond acceptors (Lipinski definition) is 1. The van der Waals surface area contributed by atoms with Crippen molar-refractivity contribution in [2.24, 2.45) is 23.5 Å². The molecule has 3 unspecified atom stereocenters. The molecular weight excluding hydrogens is 386 g/mol. The second kappa shape index (κ2) is 23.6. The Balaban J connectivity index is 3.59. The van der Waals surface area contributed by atoms with Gasteiger partial charge in [-0.05, 0) is 75.7 Å². The molecule has 1 heteroatoms. The first kappa shape index (κ1) is 31.4.